The Morgan fingerprint density at radius 2 is 1.86 bits per heavy atom. The summed E-state index contributed by atoms with van der Waals surface area (Å²) in [5.41, 5.74) is 1.80. The first-order valence-electron chi connectivity index (χ1n) is 13.4. The van der Waals surface area contributed by atoms with Crippen LogP contribution in [0, 0.1) is 23.2 Å². The largest absolute Gasteiger partial charge is 0.412 e. The molecular weight excluding hydrogens is 472 g/mol. The number of alkyl halides is 1. The number of likely N-dealkylation sites (tertiary alicyclic amines) is 1. The van der Waals surface area contributed by atoms with Crippen molar-refractivity contribution in [2.24, 2.45) is 33.2 Å². The third kappa shape index (κ3) is 8.41. The Labute approximate surface area is 225 Å². The molecule has 2 aliphatic heterocycles. The van der Waals surface area contributed by atoms with Gasteiger partial charge in [-0.25, -0.2) is 9.98 Å². The lowest BCUT2D eigenvalue weighted by Gasteiger charge is -2.49. The molecule has 2 fully saturated rings. The summed E-state index contributed by atoms with van der Waals surface area (Å²) >= 11 is 6.39. The van der Waals surface area contributed by atoms with Crippen LogP contribution in [0.25, 0.3) is 0 Å². The number of nitrogens with zero attached hydrogens (tertiary/aromatic N) is 3. The lowest BCUT2D eigenvalue weighted by molar-refractivity contribution is 0.00577. The highest BCUT2D eigenvalue weighted by Crippen LogP contribution is 2.45. The first-order chi connectivity index (χ1) is 15.8. The summed E-state index contributed by atoms with van der Waals surface area (Å²) in [4.78, 5) is 12.3. The van der Waals surface area contributed by atoms with Crippen LogP contribution in [0.3, 0.4) is 0 Å². The molecule has 2 unspecified atom stereocenters. The van der Waals surface area contributed by atoms with Gasteiger partial charge in [-0.05, 0) is 80.2 Å². The van der Waals surface area contributed by atoms with Gasteiger partial charge in [0.25, 0.3) is 0 Å². The van der Waals surface area contributed by atoms with E-state index in [2.05, 4.69) is 67.3 Å². The fraction of sp³-hybridized carbons (Fsp3) is 0.793. The summed E-state index contributed by atoms with van der Waals surface area (Å²) in [5, 5.41) is 4.14. The molecule has 208 valence electrons. The maximum Gasteiger partial charge on any atom is 0.218 e. The van der Waals surface area contributed by atoms with Gasteiger partial charge in [0, 0.05) is 37.1 Å². The molecule has 0 aromatic heterocycles. The van der Waals surface area contributed by atoms with E-state index in [0.29, 0.717) is 22.8 Å². The smallest absolute Gasteiger partial charge is 0.218 e. The summed E-state index contributed by atoms with van der Waals surface area (Å²) < 4.78 is 0. The van der Waals surface area contributed by atoms with Crippen LogP contribution in [0.1, 0.15) is 86.5 Å². The topological polar surface area (TPSA) is 103 Å². The van der Waals surface area contributed by atoms with Crippen molar-refractivity contribution in [2.45, 2.75) is 104 Å². The Morgan fingerprint density at radius 1 is 1.14 bits per heavy atom. The molecule has 3 atom stereocenters. The number of guanidine groups is 1. The van der Waals surface area contributed by atoms with Crippen molar-refractivity contribution in [3.63, 3.8) is 0 Å². The highest BCUT2D eigenvalue weighted by atomic mass is 35.5. The van der Waals surface area contributed by atoms with Gasteiger partial charge in [-0.2, -0.15) is 0 Å². The minimum Gasteiger partial charge on any atom is -0.412 e. The van der Waals surface area contributed by atoms with Crippen LogP contribution in [-0.4, -0.2) is 65.1 Å². The maximum absolute atomic E-state index is 6.39. The van der Waals surface area contributed by atoms with Gasteiger partial charge in [-0.15, -0.1) is 11.6 Å². The number of piperidine rings is 1. The van der Waals surface area contributed by atoms with Gasteiger partial charge >= 0.3 is 0 Å². The van der Waals surface area contributed by atoms with Crippen LogP contribution in [0.5, 0.6) is 0 Å². The molecule has 0 aromatic rings. The molecular formula is C29H53ClN4O2. The van der Waals surface area contributed by atoms with Crippen molar-refractivity contribution < 1.29 is 11.0 Å². The van der Waals surface area contributed by atoms with E-state index in [1.807, 2.05) is 0 Å². The highest BCUT2D eigenvalue weighted by Gasteiger charge is 2.41. The quantitative estimate of drug-likeness (QED) is 0.482. The zero-order valence-electron chi connectivity index (χ0n) is 22.3. The molecule has 2 aliphatic carbocycles. The summed E-state index contributed by atoms with van der Waals surface area (Å²) in [5.74, 6) is 3.05. The SMILES string of the molecule is C.CC(C)[C@H](CN1CCC(C2CCC(Cl)CC2)C(C)(C)C1)NC1=NC(C2=CC=CCC2)CC=N1.O.O. The number of rotatable bonds is 6. The van der Waals surface area contributed by atoms with Crippen LogP contribution in [0.15, 0.2) is 33.8 Å². The van der Waals surface area contributed by atoms with E-state index in [1.165, 1.54) is 50.8 Å². The first-order valence-corrected chi connectivity index (χ1v) is 13.8. The maximum atomic E-state index is 6.39. The molecule has 0 spiro atoms. The molecule has 5 N–H and O–H groups in total. The van der Waals surface area contributed by atoms with Gasteiger partial charge in [0.2, 0.25) is 5.96 Å². The standard InChI is InChI=1S/C28H45ClN4.CH4.2H2O/c1-20(2)26(32-27-30-16-14-25(31-27)22-8-6-5-7-9-22)18-33-17-15-24(28(3,4)19-33)21-10-12-23(29)13-11-21;;;/h5-6,8,16,20-21,23-26H,7,9-15,17-19H2,1-4H3,(H,31,32);1H4;2*1H2/t21?,23?,24?,25?,26-;;;/m0.../s1. The summed E-state index contributed by atoms with van der Waals surface area (Å²) in [6, 6.07) is 0.611. The van der Waals surface area contributed by atoms with Crippen LogP contribution in [-0.2, 0) is 0 Å². The minimum absolute atomic E-state index is 0. The Morgan fingerprint density at radius 3 is 2.47 bits per heavy atom. The van der Waals surface area contributed by atoms with Crippen molar-refractivity contribution in [1.29, 1.82) is 0 Å². The molecule has 0 radical (unpaired) electrons. The lowest BCUT2D eigenvalue weighted by atomic mass is 9.64. The monoisotopic (exact) mass is 524 g/mol. The molecule has 36 heavy (non-hydrogen) atoms. The van der Waals surface area contributed by atoms with E-state index < -0.39 is 0 Å². The summed E-state index contributed by atoms with van der Waals surface area (Å²) in [6.07, 6.45) is 18.3. The van der Waals surface area contributed by atoms with Crippen LogP contribution in [0.2, 0.25) is 0 Å². The van der Waals surface area contributed by atoms with E-state index in [1.54, 1.807) is 0 Å². The molecule has 0 aromatic carbocycles. The van der Waals surface area contributed by atoms with Crippen molar-refractivity contribution in [1.82, 2.24) is 10.2 Å². The normalized spacial score (nSPS) is 30.7. The van der Waals surface area contributed by atoms with Crippen LogP contribution in [0.4, 0.5) is 0 Å². The van der Waals surface area contributed by atoms with Gasteiger partial charge in [0.1, 0.15) is 0 Å². The zero-order valence-corrected chi connectivity index (χ0v) is 23.0. The van der Waals surface area contributed by atoms with E-state index in [0.717, 1.165) is 43.6 Å². The third-order valence-corrected chi connectivity index (χ3v) is 8.97. The highest BCUT2D eigenvalue weighted by molar-refractivity contribution is 6.20. The summed E-state index contributed by atoms with van der Waals surface area (Å²) in [7, 11) is 0. The molecule has 1 saturated heterocycles. The first kappa shape index (κ1) is 32.8. The Bertz CT molecular complexity index is 784. The van der Waals surface area contributed by atoms with E-state index in [9.17, 15) is 0 Å². The molecule has 7 heteroatoms. The van der Waals surface area contributed by atoms with Crippen molar-refractivity contribution >= 4 is 23.8 Å². The Hall–Kier alpha value is -1.21. The molecule has 0 amide bonds. The second-order valence-electron chi connectivity index (χ2n) is 11.9. The number of hydrogen-bond donors (Lipinski definition) is 1. The lowest BCUT2D eigenvalue weighted by Crippen LogP contribution is -2.54. The predicted octanol–water partition coefficient (Wildman–Crippen LogP) is 5.21. The second-order valence-corrected chi connectivity index (χ2v) is 12.5. The van der Waals surface area contributed by atoms with Crippen LogP contribution >= 0.6 is 11.6 Å². The van der Waals surface area contributed by atoms with Crippen LogP contribution < -0.4 is 5.32 Å². The number of allylic oxidation sites excluding steroid dienone is 3. The van der Waals surface area contributed by atoms with E-state index >= 15 is 0 Å². The van der Waals surface area contributed by atoms with E-state index in [-0.39, 0.29) is 24.4 Å². The average Bonchev–Trinajstić information content (AvgIpc) is 2.80. The van der Waals surface area contributed by atoms with Gasteiger partial charge in [0.05, 0.1) is 6.04 Å². The third-order valence-electron chi connectivity index (χ3n) is 8.53. The van der Waals surface area contributed by atoms with E-state index in [4.69, 9.17) is 16.6 Å². The summed E-state index contributed by atoms with van der Waals surface area (Å²) in [6.45, 7) is 13.1. The fourth-order valence-electron chi connectivity index (χ4n) is 6.54. The van der Waals surface area contributed by atoms with Gasteiger partial charge < -0.3 is 21.2 Å². The minimum atomic E-state index is 0. The molecule has 4 aliphatic rings. The number of nitrogens with one attached hydrogen (secondary N) is 1. The van der Waals surface area contributed by atoms with Gasteiger partial charge in [-0.3, -0.25) is 0 Å². The molecule has 6 nitrogen and oxygen atoms in total. The molecule has 2 heterocycles. The Kier molecular flexibility index (Phi) is 13.4. The molecule has 4 rings (SSSR count). The van der Waals surface area contributed by atoms with Crippen molar-refractivity contribution in [3.05, 3.63) is 23.8 Å². The zero-order chi connectivity index (χ0) is 23.4. The second kappa shape index (κ2) is 14.7. The number of hydrogen-bond acceptors (Lipinski definition) is 4. The number of halogens is 1. The molecule has 0 bridgehead atoms. The van der Waals surface area contributed by atoms with Crippen molar-refractivity contribution in [3.8, 4) is 0 Å². The number of aliphatic imine (C=N–C) groups is 2. The molecule has 1 saturated carbocycles. The average molecular weight is 525 g/mol. The van der Waals surface area contributed by atoms with Crippen molar-refractivity contribution in [2.75, 3.05) is 19.6 Å². The van der Waals surface area contributed by atoms with Gasteiger partial charge in [-0.1, -0.05) is 53.3 Å². The van der Waals surface area contributed by atoms with Gasteiger partial charge in [0.15, 0.2) is 0 Å². The predicted molar refractivity (Wildman–Crippen MR) is 156 cm³/mol. The fourth-order valence-corrected chi connectivity index (χ4v) is 6.79. The Balaban J connectivity index is 0.00000216.